The molecule has 2 heterocycles. The predicted molar refractivity (Wildman–Crippen MR) is 118 cm³/mol. The number of halogens is 1. The van der Waals surface area contributed by atoms with Crippen molar-refractivity contribution >= 4 is 24.2 Å². The quantitative estimate of drug-likeness (QED) is 0.678. The zero-order chi connectivity index (χ0) is 20.2. The third-order valence-corrected chi connectivity index (χ3v) is 8.23. The van der Waals surface area contributed by atoms with Gasteiger partial charge < -0.3 is 14.9 Å². The number of aromatic nitrogens is 1. The first-order valence-corrected chi connectivity index (χ1v) is 11.3. The third-order valence-electron chi connectivity index (χ3n) is 7.97. The Kier molecular flexibility index (Phi) is 4.54. The SMILES string of the molecule is C=NCC1(C2=CC(Cl)=CCC2C)CCC(N2CC3(CC3)c3[nH]ccc3C2=O)CC1. The number of carbonyl (C=O) groups excluding carboxylic acids is 1. The van der Waals surface area contributed by atoms with E-state index < -0.39 is 0 Å². The largest absolute Gasteiger partial charge is 0.364 e. The fourth-order valence-corrected chi connectivity index (χ4v) is 6.34. The van der Waals surface area contributed by atoms with Gasteiger partial charge in [0.05, 0.1) is 5.56 Å². The van der Waals surface area contributed by atoms with Gasteiger partial charge in [0.25, 0.3) is 5.91 Å². The van der Waals surface area contributed by atoms with E-state index in [2.05, 4.69) is 40.7 Å². The van der Waals surface area contributed by atoms with E-state index in [1.54, 1.807) is 0 Å². The number of nitrogens with one attached hydrogen (secondary N) is 1. The van der Waals surface area contributed by atoms with E-state index in [1.807, 2.05) is 12.3 Å². The van der Waals surface area contributed by atoms with E-state index in [0.717, 1.165) is 55.8 Å². The number of aromatic amines is 1. The summed E-state index contributed by atoms with van der Waals surface area (Å²) in [6.07, 6.45) is 13.8. The summed E-state index contributed by atoms with van der Waals surface area (Å²) in [5, 5.41) is 0.852. The van der Waals surface area contributed by atoms with E-state index in [-0.39, 0.29) is 16.7 Å². The van der Waals surface area contributed by atoms with Crippen LogP contribution in [0.5, 0.6) is 0 Å². The number of hydrogen-bond acceptors (Lipinski definition) is 2. The van der Waals surface area contributed by atoms with Crippen molar-refractivity contribution < 1.29 is 4.79 Å². The maximum absolute atomic E-state index is 13.2. The molecule has 154 valence electrons. The van der Waals surface area contributed by atoms with Crippen molar-refractivity contribution in [2.75, 3.05) is 13.1 Å². The van der Waals surface area contributed by atoms with Crippen molar-refractivity contribution in [3.05, 3.63) is 46.3 Å². The standard InChI is InChI=1S/C24H30ClN3O/c1-16-3-4-17(25)13-20(16)23(14-26-2)8-5-18(6-9-23)28-15-24(10-11-24)21-19(22(28)29)7-12-27-21/h4,7,12-13,16,18,27H,2-3,5-6,8-11,14-15H2,1H3. The lowest BCUT2D eigenvalue weighted by atomic mass is 9.63. The Morgan fingerprint density at radius 2 is 2.07 bits per heavy atom. The van der Waals surface area contributed by atoms with E-state index >= 15 is 0 Å². The topological polar surface area (TPSA) is 48.5 Å². The average Bonchev–Trinajstić information content (AvgIpc) is 3.30. The fourth-order valence-electron chi connectivity index (χ4n) is 6.13. The number of aliphatic imine (C=N–C) groups is 1. The number of carbonyl (C=O) groups is 1. The van der Waals surface area contributed by atoms with Gasteiger partial charge >= 0.3 is 0 Å². The van der Waals surface area contributed by atoms with E-state index in [4.69, 9.17) is 11.6 Å². The van der Waals surface area contributed by atoms with Gasteiger partial charge in [-0.2, -0.15) is 0 Å². The molecule has 4 aliphatic rings. The second kappa shape index (κ2) is 6.87. The summed E-state index contributed by atoms with van der Waals surface area (Å²) in [6.45, 7) is 7.74. The second-order valence-electron chi connectivity index (χ2n) is 9.70. The van der Waals surface area contributed by atoms with Crippen molar-refractivity contribution in [1.29, 1.82) is 0 Å². The van der Waals surface area contributed by atoms with Crippen LogP contribution in [0.3, 0.4) is 0 Å². The molecule has 0 radical (unpaired) electrons. The summed E-state index contributed by atoms with van der Waals surface area (Å²) >= 11 is 6.39. The summed E-state index contributed by atoms with van der Waals surface area (Å²) < 4.78 is 0. The molecule has 1 atom stereocenters. The number of nitrogens with zero attached hydrogens (tertiary/aromatic N) is 2. The normalized spacial score (nSPS) is 33.2. The molecule has 0 aromatic carbocycles. The van der Waals surface area contributed by atoms with Crippen molar-refractivity contribution in [3.8, 4) is 0 Å². The molecule has 1 amide bonds. The Balaban J connectivity index is 1.38. The van der Waals surface area contributed by atoms with Crippen molar-refractivity contribution in [2.24, 2.45) is 16.3 Å². The van der Waals surface area contributed by atoms with Crippen LogP contribution in [0.15, 0.2) is 40.0 Å². The lowest BCUT2D eigenvalue weighted by molar-refractivity contribution is 0.0500. The van der Waals surface area contributed by atoms with Gasteiger partial charge in [-0.05, 0) is 69.7 Å². The molecular weight excluding hydrogens is 382 g/mol. The van der Waals surface area contributed by atoms with Crippen LogP contribution in [-0.4, -0.2) is 41.6 Å². The molecule has 5 heteroatoms. The van der Waals surface area contributed by atoms with Crippen molar-refractivity contribution in [2.45, 2.75) is 63.3 Å². The van der Waals surface area contributed by atoms with Gasteiger partial charge in [0.15, 0.2) is 0 Å². The highest BCUT2D eigenvalue weighted by Crippen LogP contribution is 2.54. The van der Waals surface area contributed by atoms with Crippen LogP contribution < -0.4 is 0 Å². The summed E-state index contributed by atoms with van der Waals surface area (Å²) in [5.41, 5.74) is 3.76. The van der Waals surface area contributed by atoms with Crippen molar-refractivity contribution in [3.63, 3.8) is 0 Å². The van der Waals surface area contributed by atoms with Crippen LogP contribution in [0.1, 0.15) is 67.9 Å². The van der Waals surface area contributed by atoms with Crippen LogP contribution in [0.25, 0.3) is 0 Å². The molecule has 2 saturated carbocycles. The number of allylic oxidation sites excluding steroid dienone is 3. The summed E-state index contributed by atoms with van der Waals surface area (Å²) in [5.74, 6) is 0.707. The lowest BCUT2D eigenvalue weighted by Crippen LogP contribution is -2.51. The smallest absolute Gasteiger partial charge is 0.255 e. The number of rotatable bonds is 4. The van der Waals surface area contributed by atoms with Gasteiger partial charge in [-0.1, -0.05) is 30.2 Å². The molecule has 0 saturated heterocycles. The van der Waals surface area contributed by atoms with Gasteiger partial charge in [-0.3, -0.25) is 4.79 Å². The van der Waals surface area contributed by atoms with Crippen LogP contribution in [0, 0.1) is 11.3 Å². The van der Waals surface area contributed by atoms with Crippen molar-refractivity contribution in [1.82, 2.24) is 9.88 Å². The number of H-pyrrole nitrogens is 1. The van der Waals surface area contributed by atoms with E-state index in [1.165, 1.54) is 24.1 Å². The Morgan fingerprint density at radius 1 is 1.31 bits per heavy atom. The zero-order valence-corrected chi connectivity index (χ0v) is 18.0. The summed E-state index contributed by atoms with van der Waals surface area (Å²) in [6, 6.07) is 2.30. The van der Waals surface area contributed by atoms with Gasteiger partial charge in [-0.25, -0.2) is 0 Å². The molecule has 4 nitrogen and oxygen atoms in total. The molecule has 1 aromatic rings. The molecular formula is C24H30ClN3O. The fraction of sp³-hybridized carbons (Fsp3) is 0.583. The first kappa shape index (κ1) is 19.2. The zero-order valence-electron chi connectivity index (χ0n) is 17.2. The molecule has 29 heavy (non-hydrogen) atoms. The minimum absolute atomic E-state index is 0.0431. The number of amides is 1. The van der Waals surface area contributed by atoms with Crippen LogP contribution in [0.4, 0.5) is 0 Å². The van der Waals surface area contributed by atoms with Gasteiger partial charge in [0.2, 0.25) is 0 Å². The maximum Gasteiger partial charge on any atom is 0.255 e. The minimum Gasteiger partial charge on any atom is -0.364 e. The van der Waals surface area contributed by atoms with E-state index in [9.17, 15) is 4.79 Å². The van der Waals surface area contributed by atoms with Gasteiger partial charge in [0.1, 0.15) is 0 Å². The summed E-state index contributed by atoms with van der Waals surface area (Å²) in [4.78, 5) is 23.1. The maximum atomic E-state index is 13.2. The Morgan fingerprint density at radius 3 is 2.76 bits per heavy atom. The van der Waals surface area contributed by atoms with Crippen LogP contribution in [0.2, 0.25) is 0 Å². The molecule has 5 rings (SSSR count). The highest BCUT2D eigenvalue weighted by molar-refractivity contribution is 6.31. The number of hydrogen-bond donors (Lipinski definition) is 1. The first-order valence-electron chi connectivity index (χ1n) is 11.0. The van der Waals surface area contributed by atoms with Gasteiger partial charge in [-0.15, -0.1) is 0 Å². The molecule has 0 bridgehead atoms. The average molecular weight is 412 g/mol. The lowest BCUT2D eigenvalue weighted by Gasteiger charge is -2.47. The Bertz CT molecular complexity index is 899. The third kappa shape index (κ3) is 3.02. The minimum atomic E-state index is 0.0431. The first-order chi connectivity index (χ1) is 14.0. The second-order valence-corrected chi connectivity index (χ2v) is 10.1. The molecule has 1 spiro atoms. The number of fused-ring (bicyclic) bond motifs is 2. The molecule has 1 aliphatic heterocycles. The molecule has 1 aromatic heterocycles. The molecule has 2 fully saturated rings. The highest BCUT2D eigenvalue weighted by atomic mass is 35.5. The van der Waals surface area contributed by atoms with Crippen LogP contribution in [-0.2, 0) is 5.41 Å². The summed E-state index contributed by atoms with van der Waals surface area (Å²) in [7, 11) is 0. The molecule has 1 unspecified atom stereocenters. The Labute approximate surface area is 178 Å². The monoisotopic (exact) mass is 411 g/mol. The van der Waals surface area contributed by atoms with E-state index in [0.29, 0.717) is 12.0 Å². The highest BCUT2D eigenvalue weighted by Gasteiger charge is 2.54. The Hall–Kier alpha value is -1.81. The van der Waals surface area contributed by atoms with Gasteiger partial charge in [0, 0.05) is 46.9 Å². The van der Waals surface area contributed by atoms with Crippen LogP contribution >= 0.6 is 11.6 Å². The predicted octanol–water partition coefficient (Wildman–Crippen LogP) is 5.22. The molecule has 3 aliphatic carbocycles. The molecule has 1 N–H and O–H groups in total.